The van der Waals surface area contributed by atoms with E-state index < -0.39 is 0 Å². The molecule has 2 N–H and O–H groups in total. The fraction of sp³-hybridized carbons (Fsp3) is 0.600. The van der Waals surface area contributed by atoms with E-state index in [9.17, 15) is 5.11 Å². The van der Waals surface area contributed by atoms with E-state index in [1.165, 1.54) is 20.0 Å². The van der Waals surface area contributed by atoms with Crippen LogP contribution in [-0.4, -0.2) is 42.8 Å². The minimum absolute atomic E-state index is 0.160. The minimum atomic E-state index is 0.160. The van der Waals surface area contributed by atoms with E-state index in [0.717, 1.165) is 18.2 Å². The lowest BCUT2D eigenvalue weighted by atomic mass is 10.1. The summed E-state index contributed by atoms with van der Waals surface area (Å²) in [6.45, 7) is 3.66. The monoisotopic (exact) mass is 298 g/mol. The number of phenolic OH excluding ortho intramolecular Hbond substituents is 1. The third-order valence-corrected chi connectivity index (χ3v) is 4.13. The Bertz CT molecular complexity index is 463. The van der Waals surface area contributed by atoms with Crippen LogP contribution < -0.4 is 10.1 Å². The average molecular weight is 299 g/mol. The van der Waals surface area contributed by atoms with Crippen LogP contribution in [-0.2, 0) is 6.54 Å². The highest BCUT2D eigenvalue weighted by molar-refractivity contribution is 6.30. The molecule has 1 aromatic carbocycles. The molecule has 1 unspecified atom stereocenters. The number of nitrogens with one attached hydrogen (secondary N) is 1. The van der Waals surface area contributed by atoms with Crippen LogP contribution in [0.2, 0.25) is 5.02 Å². The van der Waals surface area contributed by atoms with Gasteiger partial charge in [0.05, 0.1) is 7.11 Å². The first-order valence-electron chi connectivity index (χ1n) is 7.01. The predicted molar refractivity (Wildman–Crippen MR) is 81.6 cm³/mol. The molecule has 1 aliphatic carbocycles. The van der Waals surface area contributed by atoms with Crippen molar-refractivity contribution >= 4 is 11.6 Å². The van der Waals surface area contributed by atoms with Gasteiger partial charge in [0.25, 0.3) is 0 Å². The fourth-order valence-corrected chi connectivity index (χ4v) is 2.55. The molecule has 1 fully saturated rings. The first kappa shape index (κ1) is 15.4. The van der Waals surface area contributed by atoms with Crippen molar-refractivity contribution in [2.24, 2.45) is 0 Å². The van der Waals surface area contributed by atoms with Crippen LogP contribution in [0.4, 0.5) is 0 Å². The Balaban J connectivity index is 1.88. The van der Waals surface area contributed by atoms with E-state index >= 15 is 0 Å². The number of hydrogen-bond donors (Lipinski definition) is 2. The molecule has 0 saturated heterocycles. The number of ether oxygens (including phenoxy) is 1. The summed E-state index contributed by atoms with van der Waals surface area (Å²) in [5.74, 6) is 0.574. The summed E-state index contributed by atoms with van der Waals surface area (Å²) in [5.41, 5.74) is 0.760. The number of nitrogens with zero attached hydrogens (tertiary/aromatic N) is 1. The van der Waals surface area contributed by atoms with Crippen molar-refractivity contribution in [2.75, 3.05) is 20.7 Å². The van der Waals surface area contributed by atoms with Gasteiger partial charge >= 0.3 is 0 Å². The number of rotatable bonds is 7. The normalized spacial score (nSPS) is 16.4. The molecule has 1 aliphatic rings. The summed E-state index contributed by atoms with van der Waals surface area (Å²) < 4.78 is 5.10. The first-order chi connectivity index (χ1) is 9.52. The van der Waals surface area contributed by atoms with Gasteiger partial charge in [0.15, 0.2) is 11.5 Å². The van der Waals surface area contributed by atoms with Crippen LogP contribution in [0.3, 0.4) is 0 Å². The van der Waals surface area contributed by atoms with Gasteiger partial charge in [0.1, 0.15) is 0 Å². The molecule has 0 aliphatic heterocycles. The minimum Gasteiger partial charge on any atom is -0.504 e. The highest BCUT2D eigenvalue weighted by Crippen LogP contribution is 2.33. The molecule has 1 saturated carbocycles. The van der Waals surface area contributed by atoms with Crippen LogP contribution in [0.5, 0.6) is 11.5 Å². The quantitative estimate of drug-likeness (QED) is 0.812. The molecule has 5 heteroatoms. The van der Waals surface area contributed by atoms with E-state index in [-0.39, 0.29) is 5.75 Å². The second-order valence-corrected chi connectivity index (χ2v) is 5.93. The Kier molecular flexibility index (Phi) is 5.13. The number of hydrogen-bond acceptors (Lipinski definition) is 4. The van der Waals surface area contributed by atoms with Gasteiger partial charge in [-0.05, 0) is 32.9 Å². The maximum Gasteiger partial charge on any atom is 0.162 e. The van der Waals surface area contributed by atoms with Gasteiger partial charge in [0.2, 0.25) is 0 Å². The summed E-state index contributed by atoms with van der Waals surface area (Å²) in [6.07, 6.45) is 2.63. The van der Waals surface area contributed by atoms with E-state index in [1.807, 2.05) is 0 Å². The lowest BCUT2D eigenvalue weighted by Crippen LogP contribution is -2.38. The van der Waals surface area contributed by atoms with Crippen molar-refractivity contribution in [3.63, 3.8) is 0 Å². The van der Waals surface area contributed by atoms with Gasteiger partial charge < -0.3 is 15.2 Å². The Morgan fingerprint density at radius 3 is 2.80 bits per heavy atom. The third-order valence-electron chi connectivity index (χ3n) is 3.91. The highest BCUT2D eigenvalue weighted by Gasteiger charge is 2.28. The standard InChI is InChI=1S/C15H23ClN2O2/c1-10(18(2)13-4-5-13)8-17-9-11-6-12(16)7-14(20-3)15(11)19/h6-7,10,13,17,19H,4-5,8-9H2,1-3H3. The van der Waals surface area contributed by atoms with Crippen molar-refractivity contribution in [2.45, 2.75) is 38.4 Å². The summed E-state index contributed by atoms with van der Waals surface area (Å²) in [5, 5.41) is 14.0. The SMILES string of the molecule is COc1cc(Cl)cc(CNCC(C)N(C)C2CC2)c1O. The third kappa shape index (κ3) is 3.78. The number of benzene rings is 1. The Morgan fingerprint density at radius 2 is 2.20 bits per heavy atom. The van der Waals surface area contributed by atoms with Crippen LogP contribution in [0, 0.1) is 0 Å². The maximum absolute atomic E-state index is 10.1. The van der Waals surface area contributed by atoms with Gasteiger partial charge in [0, 0.05) is 41.8 Å². The van der Waals surface area contributed by atoms with Crippen molar-refractivity contribution in [1.82, 2.24) is 10.2 Å². The van der Waals surface area contributed by atoms with Crippen LogP contribution in [0.25, 0.3) is 0 Å². The molecule has 20 heavy (non-hydrogen) atoms. The highest BCUT2D eigenvalue weighted by atomic mass is 35.5. The van der Waals surface area contributed by atoms with Gasteiger partial charge in [-0.2, -0.15) is 0 Å². The largest absolute Gasteiger partial charge is 0.504 e. The van der Waals surface area contributed by atoms with E-state index in [0.29, 0.717) is 23.4 Å². The van der Waals surface area contributed by atoms with Gasteiger partial charge in [-0.15, -0.1) is 0 Å². The summed E-state index contributed by atoms with van der Waals surface area (Å²) in [7, 11) is 3.69. The topological polar surface area (TPSA) is 44.7 Å². The maximum atomic E-state index is 10.1. The number of phenols is 1. The number of aromatic hydroxyl groups is 1. The van der Waals surface area contributed by atoms with Crippen molar-refractivity contribution in [1.29, 1.82) is 0 Å². The van der Waals surface area contributed by atoms with E-state index in [2.05, 4.69) is 24.2 Å². The molecule has 112 valence electrons. The smallest absolute Gasteiger partial charge is 0.162 e. The molecule has 0 amide bonds. The van der Waals surface area contributed by atoms with E-state index in [1.54, 1.807) is 12.1 Å². The number of methoxy groups -OCH3 is 1. The molecule has 2 rings (SSSR count). The van der Waals surface area contributed by atoms with Crippen LogP contribution in [0.15, 0.2) is 12.1 Å². The lowest BCUT2D eigenvalue weighted by Gasteiger charge is -2.24. The second-order valence-electron chi connectivity index (χ2n) is 5.49. The van der Waals surface area contributed by atoms with Gasteiger partial charge in [-0.25, -0.2) is 0 Å². The molecule has 0 bridgehead atoms. The molecule has 1 atom stereocenters. The van der Waals surface area contributed by atoms with Gasteiger partial charge in [-0.3, -0.25) is 4.90 Å². The zero-order valence-corrected chi connectivity index (χ0v) is 13.1. The molecule has 0 aromatic heterocycles. The molecular formula is C15H23ClN2O2. The van der Waals surface area contributed by atoms with Crippen LogP contribution >= 0.6 is 11.6 Å². The predicted octanol–water partition coefficient (Wildman–Crippen LogP) is 2.63. The van der Waals surface area contributed by atoms with Crippen molar-refractivity contribution < 1.29 is 9.84 Å². The van der Waals surface area contributed by atoms with Crippen LogP contribution in [0.1, 0.15) is 25.3 Å². The number of halogens is 1. The zero-order chi connectivity index (χ0) is 14.7. The first-order valence-corrected chi connectivity index (χ1v) is 7.38. The molecule has 4 nitrogen and oxygen atoms in total. The second kappa shape index (κ2) is 6.66. The van der Waals surface area contributed by atoms with Gasteiger partial charge in [-0.1, -0.05) is 11.6 Å². The lowest BCUT2D eigenvalue weighted by molar-refractivity contribution is 0.240. The van der Waals surface area contributed by atoms with E-state index in [4.69, 9.17) is 16.3 Å². The molecule has 0 heterocycles. The average Bonchev–Trinajstić information content (AvgIpc) is 3.25. The number of likely N-dealkylation sites (N-methyl/N-ethyl adjacent to an activating group) is 1. The fourth-order valence-electron chi connectivity index (χ4n) is 2.32. The Hall–Kier alpha value is -0.970. The van der Waals surface area contributed by atoms with Crippen molar-refractivity contribution in [3.8, 4) is 11.5 Å². The molecule has 0 spiro atoms. The van der Waals surface area contributed by atoms with Crippen molar-refractivity contribution in [3.05, 3.63) is 22.7 Å². The molecule has 0 radical (unpaired) electrons. The summed E-state index contributed by atoms with van der Waals surface area (Å²) in [4.78, 5) is 2.41. The zero-order valence-electron chi connectivity index (χ0n) is 12.3. The Labute approximate surface area is 125 Å². The molecule has 1 aromatic rings. The molecular weight excluding hydrogens is 276 g/mol. The summed E-state index contributed by atoms with van der Waals surface area (Å²) >= 11 is 6.02. The summed E-state index contributed by atoms with van der Waals surface area (Å²) in [6, 6.07) is 4.61. The Morgan fingerprint density at radius 1 is 1.50 bits per heavy atom.